The van der Waals surface area contributed by atoms with Crippen LogP contribution in [-0.2, 0) is 9.53 Å². The van der Waals surface area contributed by atoms with Crippen LogP contribution in [0, 0.1) is 6.92 Å². The first-order chi connectivity index (χ1) is 8.60. The van der Waals surface area contributed by atoms with Gasteiger partial charge in [-0.25, -0.2) is 9.97 Å². The van der Waals surface area contributed by atoms with Crippen LogP contribution in [-0.4, -0.2) is 42.7 Å². The zero-order valence-corrected chi connectivity index (χ0v) is 11.4. The molecule has 0 aromatic carbocycles. The number of carbonyl (C=O) groups is 1. The fourth-order valence-corrected chi connectivity index (χ4v) is 1.59. The van der Waals surface area contributed by atoms with Crippen molar-refractivity contribution in [1.29, 1.82) is 0 Å². The number of rotatable bonds is 6. The maximum Gasteiger partial charge on any atom is 0.325 e. The number of anilines is 2. The number of aryl methyl sites for hydroxylation is 1. The third-order valence-electron chi connectivity index (χ3n) is 2.55. The first-order valence-corrected chi connectivity index (χ1v) is 6.02. The lowest BCUT2D eigenvalue weighted by Crippen LogP contribution is -2.24. The van der Waals surface area contributed by atoms with Gasteiger partial charge in [-0.1, -0.05) is 0 Å². The van der Waals surface area contributed by atoms with Crippen molar-refractivity contribution in [1.82, 2.24) is 9.97 Å². The second-order valence-electron chi connectivity index (χ2n) is 3.76. The Morgan fingerprint density at radius 1 is 1.39 bits per heavy atom. The second-order valence-corrected chi connectivity index (χ2v) is 3.76. The third-order valence-corrected chi connectivity index (χ3v) is 2.55. The molecule has 1 rings (SSSR count). The van der Waals surface area contributed by atoms with Crippen molar-refractivity contribution >= 4 is 17.6 Å². The van der Waals surface area contributed by atoms with Crippen LogP contribution in [0.4, 0.5) is 11.6 Å². The molecule has 6 nitrogen and oxygen atoms in total. The Hall–Kier alpha value is -1.85. The Labute approximate surface area is 107 Å². The summed E-state index contributed by atoms with van der Waals surface area (Å²) in [7, 11) is 1.36. The van der Waals surface area contributed by atoms with Gasteiger partial charge >= 0.3 is 5.97 Å². The third kappa shape index (κ3) is 3.87. The molecule has 0 radical (unpaired) electrons. The minimum absolute atomic E-state index is 0.102. The van der Waals surface area contributed by atoms with E-state index in [4.69, 9.17) is 0 Å². The van der Waals surface area contributed by atoms with E-state index >= 15 is 0 Å². The Morgan fingerprint density at radius 2 is 2.06 bits per heavy atom. The van der Waals surface area contributed by atoms with Crippen LogP contribution < -0.4 is 10.2 Å². The molecule has 0 bridgehead atoms. The van der Waals surface area contributed by atoms with Crippen molar-refractivity contribution in [2.45, 2.75) is 20.8 Å². The number of hydrogen-bond donors (Lipinski definition) is 1. The zero-order valence-electron chi connectivity index (χ0n) is 11.4. The normalized spacial score (nSPS) is 10.0. The van der Waals surface area contributed by atoms with E-state index in [0.29, 0.717) is 11.6 Å². The van der Waals surface area contributed by atoms with Gasteiger partial charge in [0.2, 0.25) is 0 Å². The summed E-state index contributed by atoms with van der Waals surface area (Å²) in [4.78, 5) is 21.8. The number of aromatic nitrogens is 2. The molecule has 0 aliphatic carbocycles. The standard InChI is InChI=1S/C12H20N4O2/c1-5-16(6-2)11-7-10(14-9(3)15-11)13-8-12(17)18-4/h7H,5-6,8H2,1-4H3,(H,13,14,15). The monoisotopic (exact) mass is 252 g/mol. The zero-order chi connectivity index (χ0) is 13.5. The van der Waals surface area contributed by atoms with Gasteiger partial charge in [-0.15, -0.1) is 0 Å². The first-order valence-electron chi connectivity index (χ1n) is 6.02. The molecule has 18 heavy (non-hydrogen) atoms. The Morgan fingerprint density at radius 3 is 2.61 bits per heavy atom. The van der Waals surface area contributed by atoms with Crippen LogP contribution in [0.3, 0.4) is 0 Å². The van der Waals surface area contributed by atoms with Crippen molar-refractivity contribution < 1.29 is 9.53 Å². The van der Waals surface area contributed by atoms with Gasteiger partial charge < -0.3 is 15.0 Å². The fraction of sp³-hybridized carbons (Fsp3) is 0.583. The summed E-state index contributed by atoms with van der Waals surface area (Å²) in [5.41, 5.74) is 0. The molecule has 0 fully saturated rings. The molecule has 0 saturated carbocycles. The number of nitrogens with one attached hydrogen (secondary N) is 1. The van der Waals surface area contributed by atoms with E-state index < -0.39 is 0 Å². The van der Waals surface area contributed by atoms with Gasteiger partial charge in [0, 0.05) is 19.2 Å². The van der Waals surface area contributed by atoms with E-state index in [-0.39, 0.29) is 12.5 Å². The molecule has 1 heterocycles. The van der Waals surface area contributed by atoms with Crippen LogP contribution in [0.15, 0.2) is 6.07 Å². The summed E-state index contributed by atoms with van der Waals surface area (Å²) >= 11 is 0. The van der Waals surface area contributed by atoms with Crippen molar-refractivity contribution in [2.75, 3.05) is 37.0 Å². The van der Waals surface area contributed by atoms with Crippen LogP contribution in [0.25, 0.3) is 0 Å². The predicted octanol–water partition coefficient (Wildman–Crippen LogP) is 1.22. The predicted molar refractivity (Wildman–Crippen MR) is 70.8 cm³/mol. The average molecular weight is 252 g/mol. The summed E-state index contributed by atoms with van der Waals surface area (Å²) in [6.07, 6.45) is 0. The summed E-state index contributed by atoms with van der Waals surface area (Å²) in [6.45, 7) is 7.83. The van der Waals surface area contributed by atoms with Crippen LogP contribution in [0.1, 0.15) is 19.7 Å². The molecule has 0 atom stereocenters. The van der Waals surface area contributed by atoms with Crippen LogP contribution in [0.2, 0.25) is 0 Å². The number of ether oxygens (including phenoxy) is 1. The SMILES string of the molecule is CCN(CC)c1cc(NCC(=O)OC)nc(C)n1. The molecule has 6 heteroatoms. The summed E-state index contributed by atoms with van der Waals surface area (Å²) in [5, 5.41) is 2.93. The van der Waals surface area contributed by atoms with E-state index in [1.54, 1.807) is 0 Å². The first kappa shape index (κ1) is 14.2. The molecule has 0 aliphatic rings. The minimum atomic E-state index is -0.323. The number of hydrogen-bond acceptors (Lipinski definition) is 6. The largest absolute Gasteiger partial charge is 0.468 e. The van der Waals surface area contributed by atoms with Crippen molar-refractivity contribution in [3.63, 3.8) is 0 Å². The van der Waals surface area contributed by atoms with E-state index in [2.05, 4.69) is 38.8 Å². The summed E-state index contributed by atoms with van der Waals surface area (Å²) < 4.78 is 4.57. The van der Waals surface area contributed by atoms with Gasteiger partial charge in [-0.05, 0) is 20.8 Å². The highest BCUT2D eigenvalue weighted by molar-refractivity contribution is 5.74. The highest BCUT2D eigenvalue weighted by atomic mass is 16.5. The Balaban J connectivity index is 2.83. The molecular weight excluding hydrogens is 232 g/mol. The van der Waals surface area contributed by atoms with Gasteiger partial charge in [0.1, 0.15) is 24.0 Å². The minimum Gasteiger partial charge on any atom is -0.468 e. The maximum absolute atomic E-state index is 11.1. The lowest BCUT2D eigenvalue weighted by molar-refractivity contribution is -0.138. The van der Waals surface area contributed by atoms with Crippen molar-refractivity contribution in [3.8, 4) is 0 Å². The highest BCUT2D eigenvalue weighted by Gasteiger charge is 2.08. The lowest BCUT2D eigenvalue weighted by Gasteiger charge is -2.20. The molecular formula is C12H20N4O2. The van der Waals surface area contributed by atoms with Crippen molar-refractivity contribution in [2.24, 2.45) is 0 Å². The molecule has 0 spiro atoms. The molecule has 1 aromatic rings. The summed E-state index contributed by atoms with van der Waals surface area (Å²) in [5.74, 6) is 1.84. The molecule has 1 aromatic heterocycles. The fourth-order valence-electron chi connectivity index (χ4n) is 1.59. The highest BCUT2D eigenvalue weighted by Crippen LogP contribution is 2.15. The molecule has 0 aliphatic heterocycles. The van der Waals surface area contributed by atoms with Crippen LogP contribution in [0.5, 0.6) is 0 Å². The molecule has 1 N–H and O–H groups in total. The Kier molecular flexibility index (Phi) is 5.35. The van der Waals surface area contributed by atoms with E-state index in [9.17, 15) is 4.79 Å². The number of carbonyl (C=O) groups excluding carboxylic acids is 1. The van der Waals surface area contributed by atoms with E-state index in [1.165, 1.54) is 7.11 Å². The lowest BCUT2D eigenvalue weighted by atomic mass is 10.4. The van der Waals surface area contributed by atoms with Gasteiger partial charge in [-0.3, -0.25) is 4.79 Å². The van der Waals surface area contributed by atoms with Crippen LogP contribution >= 0.6 is 0 Å². The summed E-state index contributed by atoms with van der Waals surface area (Å²) in [6, 6.07) is 1.84. The molecule has 100 valence electrons. The van der Waals surface area contributed by atoms with Crippen molar-refractivity contribution in [3.05, 3.63) is 11.9 Å². The molecule has 0 unspecified atom stereocenters. The smallest absolute Gasteiger partial charge is 0.325 e. The van der Waals surface area contributed by atoms with E-state index in [0.717, 1.165) is 18.9 Å². The Bertz CT molecular complexity index is 405. The molecule has 0 amide bonds. The van der Waals surface area contributed by atoms with Gasteiger partial charge in [0.05, 0.1) is 7.11 Å². The maximum atomic E-state index is 11.1. The van der Waals surface area contributed by atoms with Gasteiger partial charge in [-0.2, -0.15) is 0 Å². The number of nitrogens with zero attached hydrogens (tertiary/aromatic N) is 3. The topological polar surface area (TPSA) is 67.4 Å². The quantitative estimate of drug-likeness (QED) is 0.768. The second kappa shape index (κ2) is 6.78. The van der Waals surface area contributed by atoms with Gasteiger partial charge in [0.15, 0.2) is 0 Å². The number of methoxy groups -OCH3 is 1. The number of esters is 1. The van der Waals surface area contributed by atoms with Gasteiger partial charge in [0.25, 0.3) is 0 Å². The molecule has 0 saturated heterocycles. The van der Waals surface area contributed by atoms with E-state index in [1.807, 2.05) is 13.0 Å². The average Bonchev–Trinajstić information content (AvgIpc) is 2.37.